The number of benzene rings is 1. The lowest BCUT2D eigenvalue weighted by molar-refractivity contribution is -0.141. The van der Waals surface area contributed by atoms with Crippen molar-refractivity contribution in [1.29, 1.82) is 0 Å². The van der Waals surface area contributed by atoms with Crippen LogP contribution in [0.5, 0.6) is 5.75 Å². The van der Waals surface area contributed by atoms with Gasteiger partial charge in [-0.1, -0.05) is 11.6 Å². The van der Waals surface area contributed by atoms with E-state index in [0.29, 0.717) is 61.7 Å². The molecule has 0 radical (unpaired) electrons. The number of halogens is 1. The summed E-state index contributed by atoms with van der Waals surface area (Å²) in [6.45, 7) is 1.28. The zero-order chi connectivity index (χ0) is 22.2. The third kappa shape index (κ3) is 4.54. The second kappa shape index (κ2) is 8.49. The average Bonchev–Trinajstić information content (AvgIpc) is 2.89. The topological polar surface area (TPSA) is 110 Å². The fourth-order valence-corrected chi connectivity index (χ4v) is 4.84. The fraction of sp³-hybridized carbons (Fsp3) is 0.545. The molecule has 3 aliphatic heterocycles. The largest absolute Gasteiger partial charge is 0.486 e. The van der Waals surface area contributed by atoms with E-state index in [2.05, 4.69) is 0 Å². The molecule has 166 valence electrons. The molecule has 0 bridgehead atoms. The molecule has 8 nitrogen and oxygen atoms in total. The highest BCUT2D eigenvalue weighted by Crippen LogP contribution is 2.40. The summed E-state index contributed by atoms with van der Waals surface area (Å²) in [6, 6.07) is 4.99. The summed E-state index contributed by atoms with van der Waals surface area (Å²) >= 11 is 6.00. The molecule has 0 unspecified atom stereocenters. The number of hydrogen-bond donors (Lipinski definition) is 1. The zero-order valence-corrected chi connectivity index (χ0v) is 18.0. The van der Waals surface area contributed by atoms with Gasteiger partial charge in [0, 0.05) is 43.4 Å². The maximum absolute atomic E-state index is 12.7. The van der Waals surface area contributed by atoms with Crippen molar-refractivity contribution in [1.82, 2.24) is 9.80 Å². The number of carbonyl (C=O) groups is 4. The van der Waals surface area contributed by atoms with Gasteiger partial charge in [-0.15, -0.1) is 0 Å². The third-order valence-electron chi connectivity index (χ3n) is 6.61. The molecule has 1 spiro atoms. The van der Waals surface area contributed by atoms with Gasteiger partial charge in [0.2, 0.25) is 17.7 Å². The van der Waals surface area contributed by atoms with E-state index in [1.54, 1.807) is 28.0 Å². The maximum atomic E-state index is 12.7. The number of carbonyl (C=O) groups excluding carboxylic acids is 4. The molecule has 2 N–H and O–H groups in total. The molecule has 3 amide bonds. The number of ketones is 1. The SMILES string of the molecule is NC(=O)C1CCN(C(=O)CN2CC[C@]3(CCC2=O)CC(=O)c2cc(Cl)ccc2O3)CC1. The number of amides is 3. The summed E-state index contributed by atoms with van der Waals surface area (Å²) in [5.41, 5.74) is 5.08. The van der Waals surface area contributed by atoms with Crippen LogP contribution >= 0.6 is 11.6 Å². The Balaban J connectivity index is 1.39. The number of primary amides is 1. The monoisotopic (exact) mass is 447 g/mol. The predicted octanol–water partition coefficient (Wildman–Crippen LogP) is 1.78. The van der Waals surface area contributed by atoms with Crippen LogP contribution in [0, 0.1) is 5.92 Å². The van der Waals surface area contributed by atoms with E-state index in [1.165, 1.54) is 0 Å². The molecule has 1 aromatic carbocycles. The Kier molecular flexibility index (Phi) is 5.92. The smallest absolute Gasteiger partial charge is 0.242 e. The van der Waals surface area contributed by atoms with E-state index in [4.69, 9.17) is 22.1 Å². The van der Waals surface area contributed by atoms with Crippen molar-refractivity contribution in [3.05, 3.63) is 28.8 Å². The number of piperidine rings is 1. The minimum Gasteiger partial charge on any atom is -0.486 e. The number of hydrogen-bond acceptors (Lipinski definition) is 5. The summed E-state index contributed by atoms with van der Waals surface area (Å²) in [5, 5.41) is 0.479. The standard InChI is InChI=1S/C22H26ClN3O5/c23-15-1-2-18-16(11-15)17(27)12-22(31-18)6-3-19(28)26(10-7-22)13-20(29)25-8-4-14(5-9-25)21(24)30/h1-2,11,14H,3-10,12-13H2,(H2,24,30)/t22-/m1/s1. The highest BCUT2D eigenvalue weighted by molar-refractivity contribution is 6.31. The van der Waals surface area contributed by atoms with Crippen LogP contribution in [0.25, 0.3) is 0 Å². The van der Waals surface area contributed by atoms with E-state index >= 15 is 0 Å². The number of likely N-dealkylation sites (tertiary alicyclic amines) is 2. The van der Waals surface area contributed by atoms with Crippen LogP contribution in [-0.2, 0) is 14.4 Å². The van der Waals surface area contributed by atoms with Gasteiger partial charge in [-0.2, -0.15) is 0 Å². The molecule has 0 aliphatic carbocycles. The van der Waals surface area contributed by atoms with Crippen LogP contribution in [0.1, 0.15) is 48.9 Å². The van der Waals surface area contributed by atoms with E-state index < -0.39 is 5.60 Å². The quantitative estimate of drug-likeness (QED) is 0.759. The van der Waals surface area contributed by atoms with Crippen LogP contribution in [0.2, 0.25) is 5.02 Å². The molecule has 3 aliphatic rings. The minimum absolute atomic E-state index is 0.00368. The van der Waals surface area contributed by atoms with Crippen molar-refractivity contribution in [2.75, 3.05) is 26.2 Å². The van der Waals surface area contributed by atoms with E-state index in [9.17, 15) is 19.2 Å². The van der Waals surface area contributed by atoms with Crippen molar-refractivity contribution in [3.8, 4) is 5.75 Å². The second-order valence-corrected chi connectivity index (χ2v) is 9.08. The summed E-state index contributed by atoms with van der Waals surface area (Å²) in [5.74, 6) is -0.315. The molecule has 1 atom stereocenters. The highest BCUT2D eigenvalue weighted by Gasteiger charge is 2.43. The Bertz CT molecular complexity index is 928. The van der Waals surface area contributed by atoms with Crippen molar-refractivity contribution in [3.63, 3.8) is 0 Å². The van der Waals surface area contributed by atoms with Crippen LogP contribution in [-0.4, -0.2) is 65.1 Å². The Hall–Kier alpha value is -2.61. The first-order valence-electron chi connectivity index (χ1n) is 10.6. The number of ether oxygens (including phenoxy) is 1. The zero-order valence-electron chi connectivity index (χ0n) is 17.3. The summed E-state index contributed by atoms with van der Waals surface area (Å²) in [6.07, 6.45) is 2.41. The van der Waals surface area contributed by atoms with Crippen LogP contribution in [0.4, 0.5) is 0 Å². The van der Waals surface area contributed by atoms with Gasteiger partial charge in [0.1, 0.15) is 11.4 Å². The van der Waals surface area contributed by atoms with Crippen molar-refractivity contribution in [2.45, 2.75) is 44.1 Å². The molecular formula is C22H26ClN3O5. The normalized spacial score (nSPS) is 24.5. The van der Waals surface area contributed by atoms with Gasteiger partial charge in [-0.3, -0.25) is 19.2 Å². The molecule has 9 heteroatoms. The van der Waals surface area contributed by atoms with Crippen molar-refractivity contribution in [2.24, 2.45) is 11.7 Å². The average molecular weight is 448 g/mol. The van der Waals surface area contributed by atoms with Gasteiger partial charge in [0.05, 0.1) is 18.5 Å². The van der Waals surface area contributed by atoms with Crippen molar-refractivity contribution >= 4 is 35.1 Å². The molecule has 2 fully saturated rings. The lowest BCUT2D eigenvalue weighted by atomic mass is 9.84. The first-order valence-corrected chi connectivity index (χ1v) is 11.0. The molecule has 1 aromatic rings. The Morgan fingerprint density at radius 2 is 1.90 bits per heavy atom. The molecule has 2 saturated heterocycles. The number of fused-ring (bicyclic) bond motifs is 1. The summed E-state index contributed by atoms with van der Waals surface area (Å²) in [4.78, 5) is 52.7. The number of nitrogens with two attached hydrogens (primary N) is 1. The number of rotatable bonds is 3. The predicted molar refractivity (Wildman–Crippen MR) is 113 cm³/mol. The van der Waals surface area contributed by atoms with Gasteiger partial charge in [0.25, 0.3) is 0 Å². The van der Waals surface area contributed by atoms with Crippen LogP contribution in [0.3, 0.4) is 0 Å². The molecule has 4 rings (SSSR count). The van der Waals surface area contributed by atoms with E-state index in [-0.39, 0.29) is 48.8 Å². The van der Waals surface area contributed by atoms with E-state index in [1.807, 2.05) is 0 Å². The minimum atomic E-state index is -0.745. The fourth-order valence-electron chi connectivity index (χ4n) is 4.67. The third-order valence-corrected chi connectivity index (χ3v) is 6.85. The van der Waals surface area contributed by atoms with Crippen LogP contribution in [0.15, 0.2) is 18.2 Å². The lowest BCUT2D eigenvalue weighted by Crippen LogP contribution is -2.47. The van der Waals surface area contributed by atoms with Crippen molar-refractivity contribution < 1.29 is 23.9 Å². The Morgan fingerprint density at radius 1 is 1.16 bits per heavy atom. The highest BCUT2D eigenvalue weighted by atomic mass is 35.5. The number of Topliss-reactive ketones (excluding diaryl/α,β-unsaturated/α-hetero) is 1. The molecule has 3 heterocycles. The first-order chi connectivity index (χ1) is 14.8. The van der Waals surface area contributed by atoms with Gasteiger partial charge in [-0.25, -0.2) is 0 Å². The number of nitrogens with zero attached hydrogens (tertiary/aromatic N) is 2. The summed E-state index contributed by atoms with van der Waals surface area (Å²) < 4.78 is 6.22. The maximum Gasteiger partial charge on any atom is 0.242 e. The molecule has 31 heavy (non-hydrogen) atoms. The Labute approximate surface area is 185 Å². The first kappa shape index (κ1) is 21.6. The van der Waals surface area contributed by atoms with E-state index in [0.717, 1.165) is 0 Å². The Morgan fingerprint density at radius 3 is 2.61 bits per heavy atom. The second-order valence-electron chi connectivity index (χ2n) is 8.65. The van der Waals surface area contributed by atoms with Crippen LogP contribution < -0.4 is 10.5 Å². The molecular weight excluding hydrogens is 422 g/mol. The van der Waals surface area contributed by atoms with Gasteiger partial charge >= 0.3 is 0 Å². The van der Waals surface area contributed by atoms with Gasteiger partial charge in [0.15, 0.2) is 5.78 Å². The lowest BCUT2D eigenvalue weighted by Gasteiger charge is -2.37. The van der Waals surface area contributed by atoms with Gasteiger partial charge < -0.3 is 20.3 Å². The summed E-state index contributed by atoms with van der Waals surface area (Å²) in [7, 11) is 0. The molecule has 0 aromatic heterocycles. The van der Waals surface area contributed by atoms with Gasteiger partial charge in [-0.05, 0) is 37.5 Å². The molecule has 0 saturated carbocycles.